The van der Waals surface area contributed by atoms with E-state index in [0.29, 0.717) is 27.8 Å². The standard InChI is InChI=1S/C28H31F2N7O.2ClH/c1-33-11-13-35(14-12-33)9-3-4-10-36-18-26(22-16-20(30)6-8-25(22)36)37-27(31-32-28(37)38)23-17-34(2)24-7-5-19(29)15-21(23)24;;/h5-8,15-18H,3-4,9-14H2,1-2H3,(H,32,38);2*1H. The number of aromatic amines is 1. The molecule has 0 radical (unpaired) electrons. The van der Waals surface area contributed by atoms with Gasteiger partial charge in [0.2, 0.25) is 0 Å². The molecule has 0 aliphatic carbocycles. The lowest BCUT2D eigenvalue weighted by molar-refractivity contribution is 0.152. The third kappa shape index (κ3) is 5.54. The van der Waals surface area contributed by atoms with Crippen LogP contribution in [0.4, 0.5) is 8.78 Å². The van der Waals surface area contributed by atoms with Gasteiger partial charge in [-0.05, 0) is 62.8 Å². The maximum atomic E-state index is 14.4. The number of nitrogens with zero attached hydrogens (tertiary/aromatic N) is 6. The lowest BCUT2D eigenvalue weighted by Gasteiger charge is -2.32. The molecule has 0 unspecified atom stereocenters. The molecule has 4 heterocycles. The van der Waals surface area contributed by atoms with Crippen molar-refractivity contribution in [2.45, 2.75) is 19.4 Å². The van der Waals surface area contributed by atoms with Gasteiger partial charge in [-0.2, -0.15) is 5.10 Å². The highest BCUT2D eigenvalue weighted by Crippen LogP contribution is 2.33. The van der Waals surface area contributed by atoms with Gasteiger partial charge in [0.1, 0.15) is 11.6 Å². The normalized spacial score (nSPS) is 14.5. The number of likely N-dealkylation sites (N-methyl/N-ethyl adjacent to an activating group) is 1. The van der Waals surface area contributed by atoms with Crippen LogP contribution in [0.2, 0.25) is 0 Å². The lowest BCUT2D eigenvalue weighted by Crippen LogP contribution is -2.44. The Morgan fingerprint density at radius 2 is 1.50 bits per heavy atom. The van der Waals surface area contributed by atoms with Crippen LogP contribution < -0.4 is 5.69 Å². The van der Waals surface area contributed by atoms with E-state index in [2.05, 4.69) is 31.6 Å². The van der Waals surface area contributed by atoms with Gasteiger partial charge < -0.3 is 18.9 Å². The molecule has 1 N–H and O–H groups in total. The summed E-state index contributed by atoms with van der Waals surface area (Å²) >= 11 is 0. The van der Waals surface area contributed by atoms with E-state index in [4.69, 9.17) is 0 Å². The summed E-state index contributed by atoms with van der Waals surface area (Å²) in [6, 6.07) is 9.21. The molecule has 1 fully saturated rings. The van der Waals surface area contributed by atoms with Crippen molar-refractivity contribution in [1.29, 1.82) is 0 Å². The summed E-state index contributed by atoms with van der Waals surface area (Å²) in [5.74, 6) is -0.397. The second-order valence-electron chi connectivity index (χ2n) is 10.2. The van der Waals surface area contributed by atoms with E-state index in [9.17, 15) is 13.6 Å². The topological polar surface area (TPSA) is 67.0 Å². The molecular weight excluding hydrogens is 559 g/mol. The van der Waals surface area contributed by atoms with Crippen LogP contribution in [0.3, 0.4) is 0 Å². The molecule has 5 aromatic rings. The van der Waals surface area contributed by atoms with Gasteiger partial charge in [-0.15, -0.1) is 24.8 Å². The van der Waals surface area contributed by atoms with Crippen molar-refractivity contribution in [2.24, 2.45) is 7.05 Å². The van der Waals surface area contributed by atoms with Gasteiger partial charge in [0.25, 0.3) is 0 Å². The molecule has 2 aromatic carbocycles. The number of rotatable bonds is 7. The van der Waals surface area contributed by atoms with Gasteiger partial charge in [0.15, 0.2) is 5.82 Å². The van der Waals surface area contributed by atoms with E-state index in [1.807, 2.05) is 24.0 Å². The summed E-state index contributed by atoms with van der Waals surface area (Å²) in [6.45, 7) is 6.19. The second kappa shape index (κ2) is 12.1. The van der Waals surface area contributed by atoms with Crippen molar-refractivity contribution in [2.75, 3.05) is 39.8 Å². The van der Waals surface area contributed by atoms with Crippen molar-refractivity contribution in [3.63, 3.8) is 0 Å². The highest BCUT2D eigenvalue weighted by atomic mass is 35.5. The third-order valence-electron chi connectivity index (χ3n) is 7.65. The molecule has 6 rings (SSSR count). The van der Waals surface area contributed by atoms with E-state index in [-0.39, 0.29) is 36.4 Å². The van der Waals surface area contributed by atoms with Crippen LogP contribution in [-0.2, 0) is 13.6 Å². The summed E-state index contributed by atoms with van der Waals surface area (Å²) in [4.78, 5) is 17.9. The van der Waals surface area contributed by atoms with Crippen molar-refractivity contribution >= 4 is 46.6 Å². The van der Waals surface area contributed by atoms with Crippen molar-refractivity contribution in [1.82, 2.24) is 33.7 Å². The number of hydrogen-bond donors (Lipinski definition) is 1. The average molecular weight is 593 g/mol. The van der Waals surface area contributed by atoms with E-state index in [1.165, 1.54) is 28.8 Å². The van der Waals surface area contributed by atoms with Crippen LogP contribution in [0, 0.1) is 11.6 Å². The minimum atomic E-state index is -0.438. The van der Waals surface area contributed by atoms with Gasteiger partial charge in [-0.25, -0.2) is 23.2 Å². The van der Waals surface area contributed by atoms with Crippen LogP contribution in [0.15, 0.2) is 53.6 Å². The highest BCUT2D eigenvalue weighted by molar-refractivity contribution is 5.96. The molecule has 214 valence electrons. The van der Waals surface area contributed by atoms with Crippen LogP contribution in [0.25, 0.3) is 38.9 Å². The van der Waals surface area contributed by atoms with Gasteiger partial charge >= 0.3 is 5.69 Å². The zero-order valence-corrected chi connectivity index (χ0v) is 24.1. The van der Waals surface area contributed by atoms with Gasteiger partial charge in [-0.1, -0.05) is 0 Å². The first-order valence-electron chi connectivity index (χ1n) is 13.0. The first-order chi connectivity index (χ1) is 18.4. The fourth-order valence-electron chi connectivity index (χ4n) is 5.55. The van der Waals surface area contributed by atoms with E-state index in [0.717, 1.165) is 63.1 Å². The fraction of sp³-hybridized carbons (Fsp3) is 0.357. The zero-order valence-electron chi connectivity index (χ0n) is 22.4. The molecule has 1 aliphatic heterocycles. The smallest absolute Gasteiger partial charge is 0.348 e. The van der Waals surface area contributed by atoms with Crippen LogP contribution in [-0.4, -0.2) is 73.5 Å². The highest BCUT2D eigenvalue weighted by Gasteiger charge is 2.21. The summed E-state index contributed by atoms with van der Waals surface area (Å²) in [6.07, 6.45) is 5.74. The molecule has 0 amide bonds. The molecule has 3 aromatic heterocycles. The Kier molecular flexibility index (Phi) is 9.04. The largest absolute Gasteiger partial charge is 0.350 e. The average Bonchev–Trinajstić information content (AvgIpc) is 3.55. The number of H-pyrrole nitrogens is 1. The van der Waals surface area contributed by atoms with Crippen molar-refractivity contribution < 1.29 is 8.78 Å². The molecule has 0 atom stereocenters. The summed E-state index contributed by atoms with van der Waals surface area (Å²) < 4.78 is 34.0. The molecule has 0 saturated carbocycles. The Morgan fingerprint density at radius 3 is 2.23 bits per heavy atom. The first kappa shape index (κ1) is 29.8. The predicted octanol–water partition coefficient (Wildman–Crippen LogP) is 4.82. The lowest BCUT2D eigenvalue weighted by atomic mass is 10.1. The molecule has 1 aliphatic rings. The summed E-state index contributed by atoms with van der Waals surface area (Å²) in [5.41, 5.74) is 2.39. The maximum Gasteiger partial charge on any atom is 0.348 e. The molecule has 8 nitrogen and oxygen atoms in total. The molecular formula is C28H33Cl2F2N7O. The van der Waals surface area contributed by atoms with Crippen LogP contribution >= 0.6 is 24.8 Å². The predicted molar refractivity (Wildman–Crippen MR) is 159 cm³/mol. The molecule has 0 bridgehead atoms. The number of halogens is 4. The van der Waals surface area contributed by atoms with Gasteiger partial charge in [0.05, 0.1) is 11.2 Å². The van der Waals surface area contributed by atoms with Crippen LogP contribution in [0.1, 0.15) is 12.8 Å². The third-order valence-corrected chi connectivity index (χ3v) is 7.65. The Morgan fingerprint density at radius 1 is 0.850 bits per heavy atom. The number of aromatic nitrogens is 5. The van der Waals surface area contributed by atoms with E-state index >= 15 is 0 Å². The molecule has 12 heteroatoms. The first-order valence-corrected chi connectivity index (χ1v) is 13.0. The Hall–Kier alpha value is -3.18. The number of unbranched alkanes of at least 4 members (excludes halogenated alkanes) is 1. The molecule has 1 saturated heterocycles. The number of fused-ring (bicyclic) bond motifs is 2. The molecule has 0 spiro atoms. The summed E-state index contributed by atoms with van der Waals surface area (Å²) in [5, 5.41) is 8.12. The minimum Gasteiger partial charge on any atom is -0.350 e. The maximum absolute atomic E-state index is 14.4. The SMILES string of the molecule is CN1CCN(CCCCn2cc(-n3c(-c4cn(C)c5ccc(F)cc45)n[nH]c3=O)c3cc(F)ccc32)CC1.Cl.Cl. The Balaban J connectivity index is 0.00000185. The second-order valence-corrected chi connectivity index (χ2v) is 10.2. The van der Waals surface area contributed by atoms with Gasteiger partial charge in [0, 0.05) is 74.0 Å². The molecule has 40 heavy (non-hydrogen) atoms. The van der Waals surface area contributed by atoms with Crippen LogP contribution in [0.5, 0.6) is 0 Å². The number of nitrogens with one attached hydrogen (secondary N) is 1. The zero-order chi connectivity index (χ0) is 26.4. The van der Waals surface area contributed by atoms with Crippen molar-refractivity contribution in [3.05, 3.63) is 70.9 Å². The van der Waals surface area contributed by atoms with E-state index < -0.39 is 5.69 Å². The number of hydrogen-bond acceptors (Lipinski definition) is 4. The monoisotopic (exact) mass is 591 g/mol. The number of piperazine rings is 1. The quantitative estimate of drug-likeness (QED) is 0.275. The fourth-order valence-corrected chi connectivity index (χ4v) is 5.55. The Labute approximate surface area is 243 Å². The van der Waals surface area contributed by atoms with Gasteiger partial charge in [-0.3, -0.25) is 0 Å². The number of benzene rings is 2. The van der Waals surface area contributed by atoms with Crippen molar-refractivity contribution in [3.8, 4) is 17.1 Å². The minimum absolute atomic E-state index is 0. The number of aryl methyl sites for hydroxylation is 2. The summed E-state index contributed by atoms with van der Waals surface area (Å²) in [7, 11) is 4.02. The van der Waals surface area contributed by atoms with E-state index in [1.54, 1.807) is 12.1 Å². The Bertz CT molecular complexity index is 1680.